The molecule has 0 bridgehead atoms. The van der Waals surface area contributed by atoms with Crippen LogP contribution in [0.15, 0.2) is 0 Å². The van der Waals surface area contributed by atoms with Crippen LogP contribution in [0.2, 0.25) is 0 Å². The van der Waals surface area contributed by atoms with Gasteiger partial charge in [0.05, 0.1) is 26.4 Å². The van der Waals surface area contributed by atoms with E-state index in [2.05, 4.69) is 34.6 Å². The van der Waals surface area contributed by atoms with E-state index in [1.165, 1.54) is 257 Å². The highest BCUT2D eigenvalue weighted by molar-refractivity contribution is 7.47. The maximum absolute atomic E-state index is 13.1. The summed E-state index contributed by atoms with van der Waals surface area (Å²) in [7, 11) is -9.92. The smallest absolute Gasteiger partial charge is 0.462 e. The van der Waals surface area contributed by atoms with E-state index in [1.54, 1.807) is 0 Å². The van der Waals surface area contributed by atoms with Crippen LogP contribution in [-0.2, 0) is 65.4 Å². The Morgan fingerprint density at radius 1 is 0.270 bits per heavy atom. The van der Waals surface area contributed by atoms with Crippen molar-refractivity contribution < 1.29 is 80.2 Å². The summed E-state index contributed by atoms with van der Waals surface area (Å²) < 4.78 is 68.7. The van der Waals surface area contributed by atoms with E-state index in [4.69, 9.17) is 37.0 Å². The molecule has 3 N–H and O–H groups in total. The van der Waals surface area contributed by atoms with Crippen LogP contribution in [0.3, 0.4) is 0 Å². The number of ether oxygens (including phenoxy) is 4. The number of phosphoric ester groups is 2. The van der Waals surface area contributed by atoms with E-state index in [1.807, 2.05) is 0 Å². The first-order valence-electron chi connectivity index (χ1n) is 42.1. The van der Waals surface area contributed by atoms with E-state index in [0.29, 0.717) is 25.7 Å². The Hall–Kier alpha value is -1.94. The highest BCUT2D eigenvalue weighted by atomic mass is 31.2. The number of hydrogen-bond donors (Lipinski definition) is 3. The lowest BCUT2D eigenvalue weighted by Crippen LogP contribution is -2.30. The first-order chi connectivity index (χ1) is 48.5. The molecule has 0 radical (unpaired) electrons. The normalized spacial score (nSPS) is 13.8. The van der Waals surface area contributed by atoms with Gasteiger partial charge < -0.3 is 33.8 Å². The minimum absolute atomic E-state index is 0.109. The summed E-state index contributed by atoms with van der Waals surface area (Å²) in [6.45, 7) is 7.35. The minimum Gasteiger partial charge on any atom is -0.462 e. The summed E-state index contributed by atoms with van der Waals surface area (Å²) in [6.07, 6.45) is 65.1. The SMILES string of the molecule is CCCCCCCCCCCCCCCCCCCCCC(=O)O[C@H](COC(=O)CCCCCCCCCCCCCCCC(C)C)COP(=O)(O)OC[C@@H](O)COP(=O)(O)OC[C@@H](COC(=O)CCCCCCCCCCCCC)OC(=O)CCCCCCCCCCCCCCCC. The van der Waals surface area contributed by atoms with Crippen molar-refractivity contribution in [1.82, 2.24) is 0 Å². The summed E-state index contributed by atoms with van der Waals surface area (Å²) in [6, 6.07) is 0. The Balaban J connectivity index is 5.24. The second-order valence-corrected chi connectivity index (χ2v) is 32.5. The number of unbranched alkanes of at least 4 members (excludes halogenated alkanes) is 53. The number of rotatable bonds is 81. The first kappa shape index (κ1) is 98.1. The molecule has 594 valence electrons. The number of carbonyl (C=O) groups is 4. The van der Waals surface area contributed by atoms with E-state index in [0.717, 1.165) is 95.8 Å². The Morgan fingerprint density at radius 3 is 0.680 bits per heavy atom. The molecule has 2 unspecified atom stereocenters. The number of carbonyl (C=O) groups excluding carboxylic acids is 4. The molecule has 0 fully saturated rings. The molecule has 0 heterocycles. The molecule has 0 aliphatic carbocycles. The largest absolute Gasteiger partial charge is 0.472 e. The molecule has 0 saturated heterocycles. The van der Waals surface area contributed by atoms with E-state index in [9.17, 15) is 43.2 Å². The van der Waals surface area contributed by atoms with Gasteiger partial charge in [0.25, 0.3) is 0 Å². The van der Waals surface area contributed by atoms with Crippen LogP contribution >= 0.6 is 15.6 Å². The summed E-state index contributed by atoms with van der Waals surface area (Å²) in [5.74, 6) is -1.31. The van der Waals surface area contributed by atoms with Crippen LogP contribution in [-0.4, -0.2) is 96.7 Å². The fourth-order valence-corrected chi connectivity index (χ4v) is 14.2. The zero-order valence-electron chi connectivity index (χ0n) is 65.3. The Morgan fingerprint density at radius 2 is 0.460 bits per heavy atom. The van der Waals surface area contributed by atoms with Gasteiger partial charge >= 0.3 is 39.5 Å². The maximum atomic E-state index is 13.1. The van der Waals surface area contributed by atoms with Gasteiger partial charge in [-0.1, -0.05) is 381 Å². The van der Waals surface area contributed by atoms with Gasteiger partial charge in [0.2, 0.25) is 0 Å². The van der Waals surface area contributed by atoms with Crippen LogP contribution in [0.1, 0.15) is 433 Å². The zero-order chi connectivity index (χ0) is 73.4. The first-order valence-corrected chi connectivity index (χ1v) is 45.1. The highest BCUT2D eigenvalue weighted by Crippen LogP contribution is 2.45. The molecule has 19 heteroatoms. The lowest BCUT2D eigenvalue weighted by molar-refractivity contribution is -0.161. The van der Waals surface area contributed by atoms with Gasteiger partial charge in [0, 0.05) is 25.7 Å². The standard InChI is InChI=1S/C81H158O17P2/c1-6-9-12-15-18-21-24-26-28-29-30-31-32-36-42-47-52-57-62-67-81(86)98-77(71-92-79(84)65-60-55-50-45-40-37-33-34-39-43-48-53-58-63-74(4)5)73-96-100(89,90)94-69-75(82)68-93-99(87,88)95-72-76(70-91-78(83)64-59-54-49-44-38-23-20-17-14-11-8-3)97-80(85)66-61-56-51-46-41-35-27-25-22-19-16-13-10-7-2/h74-77,82H,6-73H2,1-5H3,(H,87,88)(H,89,90)/t75-,76+,77+/m0/s1. The van der Waals surface area contributed by atoms with E-state index in [-0.39, 0.29) is 25.7 Å². The molecular weight excluding hydrogens is 1310 g/mol. The average molecular weight is 1470 g/mol. The number of hydrogen-bond acceptors (Lipinski definition) is 15. The van der Waals surface area contributed by atoms with Gasteiger partial charge in [-0.05, 0) is 31.6 Å². The molecule has 0 aromatic carbocycles. The Kier molecular flexibility index (Phi) is 72.5. The van der Waals surface area contributed by atoms with Gasteiger partial charge in [-0.3, -0.25) is 37.3 Å². The van der Waals surface area contributed by atoms with Crippen molar-refractivity contribution in [2.24, 2.45) is 5.92 Å². The lowest BCUT2D eigenvalue weighted by Gasteiger charge is -2.21. The van der Waals surface area contributed by atoms with Gasteiger partial charge in [-0.25, -0.2) is 9.13 Å². The molecule has 0 saturated carbocycles. The monoisotopic (exact) mass is 1470 g/mol. The summed E-state index contributed by atoms with van der Waals surface area (Å²) in [5.41, 5.74) is 0. The van der Waals surface area contributed by atoms with Crippen LogP contribution in [0.25, 0.3) is 0 Å². The van der Waals surface area contributed by atoms with Crippen molar-refractivity contribution in [2.75, 3.05) is 39.6 Å². The summed E-state index contributed by atoms with van der Waals surface area (Å²) in [4.78, 5) is 73.0. The molecule has 0 rings (SSSR count). The average Bonchev–Trinajstić information content (AvgIpc) is 0.936. The number of phosphoric acid groups is 2. The van der Waals surface area contributed by atoms with Crippen molar-refractivity contribution in [3.05, 3.63) is 0 Å². The molecule has 100 heavy (non-hydrogen) atoms. The van der Waals surface area contributed by atoms with Gasteiger partial charge in [-0.15, -0.1) is 0 Å². The number of esters is 4. The molecular formula is C81H158O17P2. The molecule has 0 spiro atoms. The van der Waals surface area contributed by atoms with Gasteiger partial charge in [-0.2, -0.15) is 0 Å². The predicted octanol–water partition coefficient (Wildman–Crippen LogP) is 24.4. The topological polar surface area (TPSA) is 237 Å². The fourth-order valence-electron chi connectivity index (χ4n) is 12.6. The molecule has 17 nitrogen and oxygen atoms in total. The molecule has 5 atom stereocenters. The zero-order valence-corrected chi connectivity index (χ0v) is 67.1. The predicted molar refractivity (Wildman–Crippen MR) is 409 cm³/mol. The van der Waals surface area contributed by atoms with Gasteiger partial charge in [0.1, 0.15) is 19.3 Å². The third-order valence-electron chi connectivity index (χ3n) is 19.0. The van der Waals surface area contributed by atoms with Crippen LogP contribution in [0, 0.1) is 5.92 Å². The van der Waals surface area contributed by atoms with Crippen LogP contribution in [0.5, 0.6) is 0 Å². The Labute approximate surface area is 613 Å². The second-order valence-electron chi connectivity index (χ2n) is 29.6. The minimum atomic E-state index is -4.96. The van der Waals surface area contributed by atoms with Gasteiger partial charge in [0.15, 0.2) is 12.2 Å². The summed E-state index contributed by atoms with van der Waals surface area (Å²) >= 11 is 0. The number of aliphatic hydroxyl groups is 1. The van der Waals surface area contributed by atoms with Crippen molar-refractivity contribution in [3.63, 3.8) is 0 Å². The van der Waals surface area contributed by atoms with E-state index < -0.39 is 97.5 Å². The Bertz CT molecular complexity index is 1910. The lowest BCUT2D eigenvalue weighted by atomic mass is 10.0. The second kappa shape index (κ2) is 73.9. The molecule has 0 amide bonds. The third kappa shape index (κ3) is 74.3. The molecule has 0 aliphatic rings. The van der Waals surface area contributed by atoms with Crippen LogP contribution < -0.4 is 0 Å². The van der Waals surface area contributed by atoms with Crippen molar-refractivity contribution in [1.29, 1.82) is 0 Å². The highest BCUT2D eigenvalue weighted by Gasteiger charge is 2.30. The van der Waals surface area contributed by atoms with Crippen molar-refractivity contribution in [3.8, 4) is 0 Å². The third-order valence-corrected chi connectivity index (χ3v) is 20.9. The maximum Gasteiger partial charge on any atom is 0.472 e. The quantitative estimate of drug-likeness (QED) is 0.0222. The number of aliphatic hydroxyl groups excluding tert-OH is 1. The van der Waals surface area contributed by atoms with Crippen LogP contribution in [0.4, 0.5) is 0 Å². The van der Waals surface area contributed by atoms with E-state index >= 15 is 0 Å². The molecule has 0 aliphatic heterocycles. The fraction of sp³-hybridized carbons (Fsp3) is 0.951. The summed E-state index contributed by atoms with van der Waals surface area (Å²) in [5, 5.41) is 10.6. The van der Waals surface area contributed by atoms with Crippen molar-refractivity contribution >= 4 is 39.5 Å². The molecule has 0 aromatic heterocycles. The molecule has 0 aromatic rings. The van der Waals surface area contributed by atoms with Crippen molar-refractivity contribution in [2.45, 2.75) is 451 Å².